The molecule has 0 unspecified atom stereocenters. The van der Waals surface area contributed by atoms with Gasteiger partial charge in [-0.1, -0.05) is 25.1 Å². The molecule has 19 heavy (non-hydrogen) atoms. The van der Waals surface area contributed by atoms with E-state index in [0.717, 1.165) is 17.8 Å². The number of anilines is 1. The minimum absolute atomic E-state index is 0.429. The summed E-state index contributed by atoms with van der Waals surface area (Å²) in [6.07, 6.45) is 3.74. The largest absolute Gasteiger partial charge is 0.380 e. The van der Waals surface area contributed by atoms with Crippen LogP contribution in [0.5, 0.6) is 0 Å². The van der Waals surface area contributed by atoms with Gasteiger partial charge in [0.25, 0.3) is 0 Å². The maximum Gasteiger partial charge on any atom is 0.193 e. The third kappa shape index (κ3) is 3.70. The molecule has 0 bridgehead atoms. The van der Waals surface area contributed by atoms with Crippen LogP contribution in [0.25, 0.3) is 0 Å². The van der Waals surface area contributed by atoms with E-state index in [1.54, 1.807) is 7.11 Å². The van der Waals surface area contributed by atoms with Gasteiger partial charge in [-0.15, -0.1) is 0 Å². The summed E-state index contributed by atoms with van der Waals surface area (Å²) in [5.74, 6) is 0.489. The Morgan fingerprint density at radius 1 is 1.42 bits per heavy atom. The lowest BCUT2D eigenvalue weighted by Crippen LogP contribution is -2.24. The zero-order valence-corrected chi connectivity index (χ0v) is 11.8. The van der Waals surface area contributed by atoms with Gasteiger partial charge < -0.3 is 15.8 Å². The molecule has 2 rings (SSSR count). The van der Waals surface area contributed by atoms with E-state index >= 15 is 0 Å². The molecule has 0 radical (unpaired) electrons. The van der Waals surface area contributed by atoms with Gasteiger partial charge in [0.15, 0.2) is 5.96 Å². The third-order valence-corrected chi connectivity index (χ3v) is 3.87. The highest BCUT2D eigenvalue weighted by molar-refractivity contribution is 5.93. The first kappa shape index (κ1) is 13.9. The molecule has 0 aromatic heterocycles. The Labute approximate surface area is 115 Å². The number of nitrogens with zero attached hydrogens (tertiary/aromatic N) is 1. The Bertz CT molecular complexity index is 452. The Morgan fingerprint density at radius 2 is 2.16 bits per heavy atom. The van der Waals surface area contributed by atoms with E-state index in [-0.39, 0.29) is 0 Å². The number of methoxy groups -OCH3 is 1. The van der Waals surface area contributed by atoms with Crippen molar-refractivity contribution in [3.63, 3.8) is 0 Å². The monoisotopic (exact) mass is 261 g/mol. The fourth-order valence-corrected chi connectivity index (χ4v) is 2.15. The smallest absolute Gasteiger partial charge is 0.193 e. The van der Waals surface area contributed by atoms with Crippen LogP contribution < -0.4 is 11.1 Å². The van der Waals surface area contributed by atoms with E-state index in [4.69, 9.17) is 10.5 Å². The van der Waals surface area contributed by atoms with Crippen molar-refractivity contribution in [3.05, 3.63) is 29.8 Å². The molecule has 1 fully saturated rings. The zero-order valence-electron chi connectivity index (χ0n) is 11.8. The van der Waals surface area contributed by atoms with Gasteiger partial charge in [0.05, 0.1) is 6.61 Å². The van der Waals surface area contributed by atoms with E-state index in [1.807, 2.05) is 24.3 Å². The SMILES string of the molecule is CCC1(CN=C(N)Nc2ccccc2COC)CC1. The second-order valence-corrected chi connectivity index (χ2v) is 5.27. The summed E-state index contributed by atoms with van der Waals surface area (Å²) in [7, 11) is 1.69. The Morgan fingerprint density at radius 3 is 2.79 bits per heavy atom. The summed E-state index contributed by atoms with van der Waals surface area (Å²) in [5, 5.41) is 3.17. The van der Waals surface area contributed by atoms with Crippen LogP contribution in [0.4, 0.5) is 5.69 Å². The van der Waals surface area contributed by atoms with Gasteiger partial charge in [0, 0.05) is 24.9 Å². The van der Waals surface area contributed by atoms with E-state index in [1.165, 1.54) is 19.3 Å². The second-order valence-electron chi connectivity index (χ2n) is 5.27. The molecule has 1 aromatic rings. The quantitative estimate of drug-likeness (QED) is 0.611. The molecule has 4 heteroatoms. The minimum Gasteiger partial charge on any atom is -0.380 e. The number of para-hydroxylation sites is 1. The maximum absolute atomic E-state index is 5.96. The number of hydrogen-bond donors (Lipinski definition) is 2. The number of rotatable bonds is 6. The average molecular weight is 261 g/mol. The van der Waals surface area contributed by atoms with Crippen LogP contribution in [-0.4, -0.2) is 19.6 Å². The van der Waals surface area contributed by atoms with Crippen molar-refractivity contribution in [2.45, 2.75) is 32.8 Å². The number of aliphatic imine (C=N–C) groups is 1. The molecule has 4 nitrogen and oxygen atoms in total. The van der Waals surface area contributed by atoms with Crippen LogP contribution in [0.15, 0.2) is 29.3 Å². The number of hydrogen-bond acceptors (Lipinski definition) is 2. The van der Waals surface area contributed by atoms with Crippen molar-refractivity contribution >= 4 is 11.6 Å². The van der Waals surface area contributed by atoms with Crippen molar-refractivity contribution in [3.8, 4) is 0 Å². The van der Waals surface area contributed by atoms with E-state index in [9.17, 15) is 0 Å². The van der Waals surface area contributed by atoms with Gasteiger partial charge in [0.1, 0.15) is 0 Å². The highest BCUT2D eigenvalue weighted by Crippen LogP contribution is 2.48. The van der Waals surface area contributed by atoms with Crippen molar-refractivity contribution < 1.29 is 4.74 Å². The number of benzene rings is 1. The number of nitrogens with one attached hydrogen (secondary N) is 1. The zero-order chi connectivity index (χ0) is 13.7. The van der Waals surface area contributed by atoms with Crippen molar-refractivity contribution in [1.82, 2.24) is 0 Å². The van der Waals surface area contributed by atoms with Crippen LogP contribution >= 0.6 is 0 Å². The molecule has 0 amide bonds. The molecule has 0 saturated heterocycles. The lowest BCUT2D eigenvalue weighted by Gasteiger charge is -2.12. The second kappa shape index (κ2) is 6.06. The molecule has 3 N–H and O–H groups in total. The van der Waals surface area contributed by atoms with Crippen LogP contribution in [0, 0.1) is 5.41 Å². The molecule has 104 valence electrons. The number of nitrogens with two attached hydrogens (primary N) is 1. The predicted octanol–water partition coefficient (Wildman–Crippen LogP) is 2.75. The molecule has 1 aliphatic rings. The molecular weight excluding hydrogens is 238 g/mol. The first-order valence-corrected chi connectivity index (χ1v) is 6.83. The molecule has 1 saturated carbocycles. The lowest BCUT2D eigenvalue weighted by atomic mass is 10.1. The normalized spacial score (nSPS) is 17.3. The summed E-state index contributed by atoms with van der Waals surface area (Å²) >= 11 is 0. The van der Waals surface area contributed by atoms with Crippen LogP contribution in [-0.2, 0) is 11.3 Å². The minimum atomic E-state index is 0.429. The number of guanidine groups is 1. The van der Waals surface area contributed by atoms with Gasteiger partial charge >= 0.3 is 0 Å². The third-order valence-electron chi connectivity index (χ3n) is 3.87. The highest BCUT2D eigenvalue weighted by Gasteiger charge is 2.40. The fourth-order valence-electron chi connectivity index (χ4n) is 2.15. The molecular formula is C15H23N3O. The van der Waals surface area contributed by atoms with Gasteiger partial charge in [-0.25, -0.2) is 0 Å². The Kier molecular flexibility index (Phi) is 4.43. The van der Waals surface area contributed by atoms with Crippen molar-refractivity contribution in [1.29, 1.82) is 0 Å². The van der Waals surface area contributed by atoms with Gasteiger partial charge in [0.2, 0.25) is 0 Å². The lowest BCUT2D eigenvalue weighted by molar-refractivity contribution is 0.185. The first-order chi connectivity index (χ1) is 9.19. The number of ether oxygens (including phenoxy) is 1. The van der Waals surface area contributed by atoms with Crippen LogP contribution in [0.3, 0.4) is 0 Å². The standard InChI is InChI=1S/C15H23N3O/c1-3-15(8-9-15)11-17-14(16)18-13-7-5-4-6-12(13)10-19-2/h4-7H,3,8-11H2,1-2H3,(H3,16,17,18). The molecule has 0 atom stereocenters. The summed E-state index contributed by atoms with van der Waals surface area (Å²) in [5.41, 5.74) is 8.44. The van der Waals surface area contributed by atoms with E-state index in [0.29, 0.717) is 18.0 Å². The van der Waals surface area contributed by atoms with E-state index < -0.39 is 0 Å². The summed E-state index contributed by atoms with van der Waals surface area (Å²) in [6.45, 7) is 3.62. The fraction of sp³-hybridized carbons (Fsp3) is 0.533. The summed E-state index contributed by atoms with van der Waals surface area (Å²) in [4.78, 5) is 4.47. The van der Waals surface area contributed by atoms with E-state index in [2.05, 4.69) is 17.2 Å². The van der Waals surface area contributed by atoms with Crippen molar-refractivity contribution in [2.24, 2.45) is 16.1 Å². The van der Waals surface area contributed by atoms with Crippen LogP contribution in [0.1, 0.15) is 31.7 Å². The predicted molar refractivity (Wildman–Crippen MR) is 79.2 cm³/mol. The molecule has 1 aromatic carbocycles. The molecule has 1 aliphatic carbocycles. The van der Waals surface area contributed by atoms with Crippen molar-refractivity contribution in [2.75, 3.05) is 19.0 Å². The Balaban J connectivity index is 1.98. The van der Waals surface area contributed by atoms with Gasteiger partial charge in [-0.3, -0.25) is 4.99 Å². The molecule has 0 heterocycles. The average Bonchev–Trinajstić information content (AvgIpc) is 3.20. The topological polar surface area (TPSA) is 59.6 Å². The highest BCUT2D eigenvalue weighted by atomic mass is 16.5. The van der Waals surface area contributed by atoms with Crippen LogP contribution in [0.2, 0.25) is 0 Å². The van der Waals surface area contributed by atoms with Gasteiger partial charge in [-0.2, -0.15) is 0 Å². The Hall–Kier alpha value is -1.55. The molecule has 0 aliphatic heterocycles. The first-order valence-electron chi connectivity index (χ1n) is 6.83. The maximum atomic E-state index is 5.96. The summed E-state index contributed by atoms with van der Waals surface area (Å²) in [6, 6.07) is 7.98. The molecule has 0 spiro atoms. The summed E-state index contributed by atoms with van der Waals surface area (Å²) < 4.78 is 5.17. The van der Waals surface area contributed by atoms with Gasteiger partial charge in [-0.05, 0) is 30.7 Å².